The summed E-state index contributed by atoms with van der Waals surface area (Å²) in [5, 5.41) is 3.23. The molecule has 114 valence electrons. The summed E-state index contributed by atoms with van der Waals surface area (Å²) in [7, 11) is 0. The van der Waals surface area contributed by atoms with E-state index in [2.05, 4.69) is 12.2 Å². The summed E-state index contributed by atoms with van der Waals surface area (Å²) in [6, 6.07) is 3.66. The number of benzene rings is 1. The van der Waals surface area contributed by atoms with Crippen molar-refractivity contribution in [2.75, 3.05) is 6.54 Å². The molecule has 0 atom stereocenters. The molecule has 1 aromatic carbocycles. The van der Waals surface area contributed by atoms with Crippen LogP contribution < -0.4 is 5.32 Å². The number of halogens is 2. The van der Waals surface area contributed by atoms with Gasteiger partial charge in [0.1, 0.15) is 11.6 Å². The molecule has 0 fully saturated rings. The van der Waals surface area contributed by atoms with E-state index in [-0.39, 0.29) is 0 Å². The number of rotatable bonds is 11. The predicted octanol–water partition coefficient (Wildman–Crippen LogP) is 5.20. The van der Waals surface area contributed by atoms with Crippen molar-refractivity contribution in [2.45, 2.75) is 64.8 Å². The molecule has 0 saturated heterocycles. The van der Waals surface area contributed by atoms with E-state index in [0.717, 1.165) is 19.0 Å². The zero-order valence-electron chi connectivity index (χ0n) is 12.6. The lowest BCUT2D eigenvalue weighted by Crippen LogP contribution is -2.14. The Bertz CT molecular complexity index is 346. The Labute approximate surface area is 121 Å². The molecule has 0 aromatic heterocycles. The molecular formula is C17H27F2N. The van der Waals surface area contributed by atoms with E-state index in [1.54, 1.807) is 0 Å². The molecule has 0 heterocycles. The fraction of sp³-hybridized carbons (Fsp3) is 0.647. The first-order valence-corrected chi connectivity index (χ1v) is 7.88. The Morgan fingerprint density at radius 3 is 1.95 bits per heavy atom. The van der Waals surface area contributed by atoms with Gasteiger partial charge in [-0.25, -0.2) is 8.78 Å². The molecule has 0 bridgehead atoms. The van der Waals surface area contributed by atoms with Crippen LogP contribution in [0.3, 0.4) is 0 Å². The Kier molecular flexibility index (Phi) is 9.22. The van der Waals surface area contributed by atoms with Gasteiger partial charge in [-0.3, -0.25) is 0 Å². The Hall–Kier alpha value is -0.960. The second-order valence-electron chi connectivity index (χ2n) is 5.43. The van der Waals surface area contributed by atoms with Gasteiger partial charge in [-0.1, -0.05) is 51.9 Å². The second-order valence-corrected chi connectivity index (χ2v) is 5.43. The van der Waals surface area contributed by atoms with Crippen molar-refractivity contribution >= 4 is 0 Å². The minimum atomic E-state index is -0.506. The molecule has 1 rings (SSSR count). The molecule has 0 amide bonds. The second kappa shape index (κ2) is 10.8. The van der Waals surface area contributed by atoms with Crippen LogP contribution in [0.1, 0.15) is 63.9 Å². The third-order valence-corrected chi connectivity index (χ3v) is 3.46. The molecule has 0 aliphatic carbocycles. The van der Waals surface area contributed by atoms with Gasteiger partial charge in [0.15, 0.2) is 0 Å². The molecule has 0 spiro atoms. The Morgan fingerprint density at radius 1 is 0.800 bits per heavy atom. The number of hydrogen-bond donors (Lipinski definition) is 1. The van der Waals surface area contributed by atoms with Crippen LogP contribution in [-0.4, -0.2) is 6.54 Å². The third kappa shape index (κ3) is 8.26. The van der Waals surface area contributed by atoms with Gasteiger partial charge < -0.3 is 5.32 Å². The van der Waals surface area contributed by atoms with E-state index in [4.69, 9.17) is 0 Å². The maximum Gasteiger partial charge on any atom is 0.126 e. The van der Waals surface area contributed by atoms with Crippen LogP contribution in [0.25, 0.3) is 0 Å². The van der Waals surface area contributed by atoms with E-state index < -0.39 is 11.6 Å². The predicted molar refractivity (Wildman–Crippen MR) is 80.7 cm³/mol. The number of unbranched alkanes of at least 4 members (excludes halogenated alkanes) is 7. The third-order valence-electron chi connectivity index (χ3n) is 3.46. The van der Waals surface area contributed by atoms with Crippen LogP contribution in [0.2, 0.25) is 0 Å². The van der Waals surface area contributed by atoms with Crippen LogP contribution in [0.5, 0.6) is 0 Å². The average molecular weight is 283 g/mol. The normalized spacial score (nSPS) is 10.9. The largest absolute Gasteiger partial charge is 0.313 e. The van der Waals surface area contributed by atoms with E-state index in [9.17, 15) is 8.78 Å². The van der Waals surface area contributed by atoms with Crippen molar-refractivity contribution in [2.24, 2.45) is 0 Å². The molecule has 1 N–H and O–H groups in total. The van der Waals surface area contributed by atoms with E-state index in [1.807, 2.05) is 0 Å². The molecule has 0 saturated carbocycles. The van der Waals surface area contributed by atoms with Gasteiger partial charge in [0.2, 0.25) is 0 Å². The monoisotopic (exact) mass is 283 g/mol. The fourth-order valence-electron chi connectivity index (χ4n) is 2.33. The van der Waals surface area contributed by atoms with Crippen LogP contribution >= 0.6 is 0 Å². The molecule has 0 radical (unpaired) electrons. The zero-order chi connectivity index (χ0) is 14.6. The van der Waals surface area contributed by atoms with Gasteiger partial charge in [0.05, 0.1) is 0 Å². The highest BCUT2D eigenvalue weighted by molar-refractivity contribution is 5.17. The lowest BCUT2D eigenvalue weighted by Gasteiger charge is -2.05. The topological polar surface area (TPSA) is 12.0 Å². The molecular weight excluding hydrogens is 256 g/mol. The Balaban J connectivity index is 1.97. The highest BCUT2D eigenvalue weighted by Crippen LogP contribution is 2.09. The minimum absolute atomic E-state index is 0.506. The number of nitrogens with one attached hydrogen (secondary N) is 1. The molecule has 1 aromatic rings. The van der Waals surface area contributed by atoms with Crippen molar-refractivity contribution < 1.29 is 8.78 Å². The van der Waals surface area contributed by atoms with Crippen molar-refractivity contribution in [1.82, 2.24) is 5.32 Å². The van der Waals surface area contributed by atoms with Gasteiger partial charge in [-0.2, -0.15) is 0 Å². The Morgan fingerprint density at radius 2 is 1.35 bits per heavy atom. The smallest absolute Gasteiger partial charge is 0.126 e. The maximum absolute atomic E-state index is 13.0. The summed E-state index contributed by atoms with van der Waals surface area (Å²) < 4.78 is 25.9. The summed E-state index contributed by atoms with van der Waals surface area (Å²) in [6.07, 6.45) is 10.3. The van der Waals surface area contributed by atoms with Gasteiger partial charge in [-0.05, 0) is 30.7 Å². The van der Waals surface area contributed by atoms with Crippen LogP contribution in [-0.2, 0) is 6.54 Å². The van der Waals surface area contributed by atoms with Crippen LogP contribution in [0.15, 0.2) is 18.2 Å². The van der Waals surface area contributed by atoms with Gasteiger partial charge in [0.25, 0.3) is 0 Å². The quantitative estimate of drug-likeness (QED) is 0.551. The highest BCUT2D eigenvalue weighted by Gasteiger charge is 2.00. The van der Waals surface area contributed by atoms with Crippen molar-refractivity contribution in [1.29, 1.82) is 0 Å². The van der Waals surface area contributed by atoms with Crippen molar-refractivity contribution in [3.05, 3.63) is 35.4 Å². The van der Waals surface area contributed by atoms with Crippen molar-refractivity contribution in [3.63, 3.8) is 0 Å². The maximum atomic E-state index is 13.0. The summed E-state index contributed by atoms with van der Waals surface area (Å²) in [5.74, 6) is -1.01. The summed E-state index contributed by atoms with van der Waals surface area (Å²) in [5.41, 5.74) is 0.669. The first-order chi connectivity index (χ1) is 9.72. The molecule has 0 unspecified atom stereocenters. The highest BCUT2D eigenvalue weighted by atomic mass is 19.1. The lowest BCUT2D eigenvalue weighted by atomic mass is 10.1. The van der Waals surface area contributed by atoms with E-state index in [0.29, 0.717) is 12.1 Å². The van der Waals surface area contributed by atoms with E-state index >= 15 is 0 Å². The van der Waals surface area contributed by atoms with E-state index in [1.165, 1.54) is 57.1 Å². The van der Waals surface area contributed by atoms with Crippen LogP contribution in [0.4, 0.5) is 8.78 Å². The molecule has 0 aliphatic rings. The summed E-state index contributed by atoms with van der Waals surface area (Å²) >= 11 is 0. The SMILES string of the molecule is CCCCCCCCCCNCc1cc(F)cc(F)c1. The molecule has 20 heavy (non-hydrogen) atoms. The fourth-order valence-corrected chi connectivity index (χ4v) is 2.33. The molecule has 3 heteroatoms. The zero-order valence-corrected chi connectivity index (χ0v) is 12.6. The number of hydrogen-bond acceptors (Lipinski definition) is 1. The molecule has 0 aliphatic heterocycles. The summed E-state index contributed by atoms with van der Waals surface area (Å²) in [4.78, 5) is 0. The van der Waals surface area contributed by atoms with Crippen molar-refractivity contribution in [3.8, 4) is 0 Å². The standard InChI is InChI=1S/C17H27F2N/c1-2-3-4-5-6-7-8-9-10-20-14-15-11-16(18)13-17(19)12-15/h11-13,20H,2-10,14H2,1H3. The lowest BCUT2D eigenvalue weighted by molar-refractivity contribution is 0.550. The van der Waals surface area contributed by atoms with Gasteiger partial charge in [0, 0.05) is 12.6 Å². The van der Waals surface area contributed by atoms with Gasteiger partial charge in [-0.15, -0.1) is 0 Å². The first-order valence-electron chi connectivity index (χ1n) is 7.88. The minimum Gasteiger partial charge on any atom is -0.313 e. The van der Waals surface area contributed by atoms with Gasteiger partial charge >= 0.3 is 0 Å². The van der Waals surface area contributed by atoms with Crippen LogP contribution in [0, 0.1) is 11.6 Å². The first kappa shape index (κ1) is 17.1. The summed E-state index contributed by atoms with van der Waals surface area (Å²) in [6.45, 7) is 3.68. The molecule has 1 nitrogen and oxygen atoms in total. The average Bonchev–Trinajstić information content (AvgIpc) is 2.40.